The Kier molecular flexibility index (Phi) is 3.09. The molecule has 1 aromatic carbocycles. The molecule has 3 atom stereocenters. The van der Waals surface area contributed by atoms with E-state index in [1.807, 2.05) is 24.3 Å². The Morgan fingerprint density at radius 3 is 2.95 bits per heavy atom. The number of hydrogen-bond donors (Lipinski definition) is 2. The Bertz CT molecular complexity index is 793. The third-order valence-corrected chi connectivity index (χ3v) is 4.80. The maximum absolute atomic E-state index is 12.4. The van der Waals surface area contributed by atoms with Gasteiger partial charge in [0.05, 0.1) is 0 Å². The molecule has 2 heterocycles. The summed E-state index contributed by atoms with van der Waals surface area (Å²) in [6.45, 7) is 1.01. The van der Waals surface area contributed by atoms with Crippen LogP contribution in [0.2, 0.25) is 0 Å². The average molecular weight is 291 g/mol. The van der Waals surface area contributed by atoms with Crippen LogP contribution in [0.1, 0.15) is 28.9 Å². The minimum absolute atomic E-state index is 0.0921. The quantitative estimate of drug-likeness (QED) is 0.828. The van der Waals surface area contributed by atoms with E-state index >= 15 is 0 Å². The molecule has 1 aliphatic heterocycles. The van der Waals surface area contributed by atoms with Gasteiger partial charge in [0.25, 0.3) is 5.91 Å². The van der Waals surface area contributed by atoms with Crippen LogP contribution in [0, 0.1) is 18.3 Å². The highest BCUT2D eigenvalue weighted by Crippen LogP contribution is 2.31. The van der Waals surface area contributed by atoms with Gasteiger partial charge in [-0.15, -0.1) is 6.42 Å². The summed E-state index contributed by atoms with van der Waals surface area (Å²) in [4.78, 5) is 16.7. The molecule has 2 N–H and O–H groups in total. The Morgan fingerprint density at radius 1 is 1.32 bits per heavy atom. The van der Waals surface area contributed by atoms with Crippen LogP contribution in [0.25, 0.3) is 10.8 Å². The third kappa shape index (κ3) is 2.24. The van der Waals surface area contributed by atoms with Gasteiger partial charge in [-0.05, 0) is 42.3 Å². The molecule has 4 rings (SSSR count). The molecule has 1 saturated carbocycles. The van der Waals surface area contributed by atoms with Gasteiger partial charge in [-0.25, -0.2) is 0 Å². The number of fused-ring (bicyclic) bond motifs is 3. The summed E-state index contributed by atoms with van der Waals surface area (Å²) in [5, 5.41) is 8.52. The van der Waals surface area contributed by atoms with Gasteiger partial charge in [0.2, 0.25) is 0 Å². The summed E-state index contributed by atoms with van der Waals surface area (Å²) in [7, 11) is 0. The van der Waals surface area contributed by atoms with E-state index in [2.05, 4.69) is 21.5 Å². The maximum Gasteiger partial charge on any atom is 0.270 e. The zero-order valence-corrected chi connectivity index (χ0v) is 12.2. The van der Waals surface area contributed by atoms with E-state index in [-0.39, 0.29) is 11.9 Å². The topological polar surface area (TPSA) is 54.0 Å². The fraction of sp³-hybridized carbons (Fsp3) is 0.333. The first kappa shape index (κ1) is 13.3. The number of pyridine rings is 1. The Balaban J connectivity index is 1.57. The fourth-order valence-corrected chi connectivity index (χ4v) is 3.61. The molecule has 4 nitrogen and oxygen atoms in total. The molecule has 1 aromatic heterocycles. The molecule has 22 heavy (non-hydrogen) atoms. The van der Waals surface area contributed by atoms with E-state index in [1.54, 1.807) is 6.20 Å². The number of benzene rings is 1. The van der Waals surface area contributed by atoms with Gasteiger partial charge in [0, 0.05) is 35.8 Å². The standard InChI is InChI=1S/C18H17N3O/c1-2-11-3-4-12-9-20-17(7-13(12)5-11)18(22)21-16-8-15-6-14(16)10-19-15/h1,3-5,7,9,14-16,19H,6,8,10H2,(H,21,22). The van der Waals surface area contributed by atoms with Crippen LogP contribution >= 0.6 is 0 Å². The number of nitrogens with zero attached hydrogens (tertiary/aromatic N) is 1. The molecule has 4 heteroatoms. The zero-order valence-electron chi connectivity index (χ0n) is 12.2. The van der Waals surface area contributed by atoms with E-state index in [4.69, 9.17) is 6.42 Å². The summed E-state index contributed by atoms with van der Waals surface area (Å²) in [6, 6.07) is 8.38. The molecule has 1 saturated heterocycles. The highest BCUT2D eigenvalue weighted by molar-refractivity contribution is 5.96. The number of piperidine rings is 1. The Morgan fingerprint density at radius 2 is 2.23 bits per heavy atom. The van der Waals surface area contributed by atoms with Crippen molar-refractivity contribution in [1.29, 1.82) is 0 Å². The lowest BCUT2D eigenvalue weighted by Crippen LogP contribution is -2.44. The molecular formula is C18H17N3O. The fourth-order valence-electron chi connectivity index (χ4n) is 3.61. The largest absolute Gasteiger partial charge is 0.348 e. The highest BCUT2D eigenvalue weighted by Gasteiger charge is 2.40. The van der Waals surface area contributed by atoms with Crippen molar-refractivity contribution < 1.29 is 4.79 Å². The van der Waals surface area contributed by atoms with E-state index in [9.17, 15) is 4.79 Å². The van der Waals surface area contributed by atoms with Crippen LogP contribution in [0.15, 0.2) is 30.5 Å². The second-order valence-electron chi connectivity index (χ2n) is 6.19. The van der Waals surface area contributed by atoms with Crippen molar-refractivity contribution in [2.24, 2.45) is 5.92 Å². The summed E-state index contributed by atoms with van der Waals surface area (Å²) in [6.07, 6.45) is 9.35. The lowest BCUT2D eigenvalue weighted by Gasteiger charge is -2.23. The minimum Gasteiger partial charge on any atom is -0.348 e. The van der Waals surface area contributed by atoms with E-state index in [0.717, 1.165) is 29.3 Å². The molecule has 2 bridgehead atoms. The molecular weight excluding hydrogens is 274 g/mol. The monoisotopic (exact) mass is 291 g/mol. The highest BCUT2D eigenvalue weighted by atomic mass is 16.1. The van der Waals surface area contributed by atoms with Gasteiger partial charge in [-0.2, -0.15) is 0 Å². The van der Waals surface area contributed by atoms with Gasteiger partial charge in [-0.1, -0.05) is 12.0 Å². The van der Waals surface area contributed by atoms with Gasteiger partial charge in [0.15, 0.2) is 0 Å². The number of carbonyl (C=O) groups is 1. The average Bonchev–Trinajstić information content (AvgIpc) is 3.16. The number of hydrogen-bond acceptors (Lipinski definition) is 3. The minimum atomic E-state index is -0.0921. The molecule has 0 radical (unpaired) electrons. The van der Waals surface area contributed by atoms with E-state index < -0.39 is 0 Å². The van der Waals surface area contributed by atoms with Crippen molar-refractivity contribution in [3.8, 4) is 12.3 Å². The first-order valence-corrected chi connectivity index (χ1v) is 7.63. The number of terminal acetylenes is 1. The lowest BCUT2D eigenvalue weighted by atomic mass is 10.0. The van der Waals surface area contributed by atoms with Gasteiger partial charge >= 0.3 is 0 Å². The van der Waals surface area contributed by atoms with Crippen LogP contribution in [-0.4, -0.2) is 29.5 Å². The maximum atomic E-state index is 12.4. The summed E-state index contributed by atoms with van der Waals surface area (Å²) < 4.78 is 0. The molecule has 0 spiro atoms. The first-order chi connectivity index (χ1) is 10.7. The van der Waals surface area contributed by atoms with Crippen molar-refractivity contribution in [2.75, 3.05) is 6.54 Å². The number of carbonyl (C=O) groups excluding carboxylic acids is 1. The number of rotatable bonds is 2. The summed E-state index contributed by atoms with van der Waals surface area (Å²) in [5.41, 5.74) is 1.27. The number of aromatic nitrogens is 1. The normalized spacial score (nSPS) is 26.0. The molecule has 2 fully saturated rings. The van der Waals surface area contributed by atoms with Gasteiger partial charge in [0.1, 0.15) is 5.69 Å². The molecule has 3 unspecified atom stereocenters. The van der Waals surface area contributed by atoms with E-state index in [1.165, 1.54) is 6.42 Å². The van der Waals surface area contributed by atoms with Crippen molar-refractivity contribution in [3.05, 3.63) is 41.7 Å². The van der Waals surface area contributed by atoms with Crippen LogP contribution < -0.4 is 10.6 Å². The zero-order chi connectivity index (χ0) is 15.1. The predicted molar refractivity (Wildman–Crippen MR) is 85.4 cm³/mol. The van der Waals surface area contributed by atoms with Crippen molar-refractivity contribution in [2.45, 2.75) is 24.9 Å². The first-order valence-electron chi connectivity index (χ1n) is 7.63. The summed E-state index contributed by atoms with van der Waals surface area (Å²) in [5.74, 6) is 3.08. The molecule has 2 aliphatic rings. The van der Waals surface area contributed by atoms with Gasteiger partial charge in [-0.3, -0.25) is 9.78 Å². The molecule has 2 aromatic rings. The Hall–Kier alpha value is -2.38. The number of nitrogens with one attached hydrogen (secondary N) is 2. The molecule has 1 aliphatic carbocycles. The number of amides is 1. The van der Waals surface area contributed by atoms with Crippen LogP contribution in [-0.2, 0) is 0 Å². The summed E-state index contributed by atoms with van der Waals surface area (Å²) >= 11 is 0. The van der Waals surface area contributed by atoms with Crippen LogP contribution in [0.5, 0.6) is 0 Å². The van der Waals surface area contributed by atoms with Crippen LogP contribution in [0.4, 0.5) is 0 Å². The van der Waals surface area contributed by atoms with Crippen molar-refractivity contribution in [3.63, 3.8) is 0 Å². The predicted octanol–water partition coefficient (Wildman–Crippen LogP) is 1.70. The SMILES string of the molecule is C#Cc1ccc2cnc(C(=O)NC3CC4CC3CN4)cc2c1. The van der Waals surface area contributed by atoms with Crippen molar-refractivity contribution >= 4 is 16.7 Å². The Labute approximate surface area is 129 Å². The molecule has 1 amide bonds. The second kappa shape index (κ2) is 5.11. The van der Waals surface area contributed by atoms with Gasteiger partial charge < -0.3 is 10.6 Å². The lowest BCUT2D eigenvalue weighted by molar-refractivity contribution is 0.0920. The second-order valence-corrected chi connectivity index (χ2v) is 6.19. The third-order valence-electron chi connectivity index (χ3n) is 4.80. The smallest absolute Gasteiger partial charge is 0.270 e. The molecule has 110 valence electrons. The van der Waals surface area contributed by atoms with E-state index in [0.29, 0.717) is 17.7 Å². The van der Waals surface area contributed by atoms with Crippen LogP contribution in [0.3, 0.4) is 0 Å². The van der Waals surface area contributed by atoms with Crippen molar-refractivity contribution in [1.82, 2.24) is 15.6 Å².